The Hall–Kier alpha value is -3.46. The van der Waals surface area contributed by atoms with Crippen molar-refractivity contribution in [2.75, 3.05) is 0 Å². The van der Waals surface area contributed by atoms with E-state index in [1.165, 1.54) is 0 Å². The number of hydrogen-bond donors (Lipinski definition) is 0. The van der Waals surface area contributed by atoms with Crippen LogP contribution in [0, 0.1) is 6.92 Å². The van der Waals surface area contributed by atoms with Crippen molar-refractivity contribution in [1.29, 1.82) is 0 Å². The first-order chi connectivity index (χ1) is 12.8. The van der Waals surface area contributed by atoms with Crippen LogP contribution in [-0.4, -0.2) is 15.2 Å². The van der Waals surface area contributed by atoms with Gasteiger partial charge in [0.15, 0.2) is 0 Å². The second kappa shape index (κ2) is 5.53. The van der Waals surface area contributed by atoms with Gasteiger partial charge in [-0.15, -0.1) is 0 Å². The van der Waals surface area contributed by atoms with E-state index in [1.54, 1.807) is 0 Å². The topological polar surface area (TPSA) is 34.4 Å². The van der Waals surface area contributed by atoms with E-state index in [1.807, 2.05) is 90.3 Å². The Morgan fingerprint density at radius 1 is 0.846 bits per heavy atom. The third-order valence-electron chi connectivity index (χ3n) is 4.92. The standard InChI is InChI=1S/C23H16N2O/c1-15-20-19-13-7-8-14-25(19)22(23(26)16-9-3-2-4-10-16)21(20)17-11-5-6-12-18(17)24-15/h2-14H,1H3. The van der Waals surface area contributed by atoms with E-state index in [2.05, 4.69) is 0 Å². The van der Waals surface area contributed by atoms with Crippen molar-refractivity contribution in [3.8, 4) is 0 Å². The van der Waals surface area contributed by atoms with E-state index in [4.69, 9.17) is 4.98 Å². The molecule has 3 heteroatoms. The van der Waals surface area contributed by atoms with E-state index < -0.39 is 0 Å². The molecule has 0 spiro atoms. The van der Waals surface area contributed by atoms with Crippen LogP contribution in [0.4, 0.5) is 0 Å². The van der Waals surface area contributed by atoms with Crippen LogP contribution in [0.2, 0.25) is 0 Å². The van der Waals surface area contributed by atoms with Gasteiger partial charge >= 0.3 is 0 Å². The van der Waals surface area contributed by atoms with Crippen LogP contribution < -0.4 is 0 Å². The number of carbonyl (C=O) groups excluding carboxylic acids is 1. The van der Waals surface area contributed by atoms with Gasteiger partial charge in [0.25, 0.3) is 0 Å². The number of hydrogen-bond acceptors (Lipinski definition) is 2. The van der Waals surface area contributed by atoms with Gasteiger partial charge in [-0.05, 0) is 25.1 Å². The van der Waals surface area contributed by atoms with Crippen molar-refractivity contribution in [2.45, 2.75) is 6.92 Å². The number of nitrogens with zero attached hydrogens (tertiary/aromatic N) is 2. The molecule has 0 fully saturated rings. The number of rotatable bonds is 2. The number of benzene rings is 2. The Labute approximate surface area is 150 Å². The second-order valence-electron chi connectivity index (χ2n) is 6.46. The van der Waals surface area contributed by atoms with Crippen LogP contribution in [0.5, 0.6) is 0 Å². The van der Waals surface area contributed by atoms with E-state index in [9.17, 15) is 4.79 Å². The Bertz CT molecular complexity index is 1300. The van der Waals surface area contributed by atoms with Gasteiger partial charge in [0, 0.05) is 33.6 Å². The molecular formula is C23H16N2O. The highest BCUT2D eigenvalue weighted by Crippen LogP contribution is 2.35. The zero-order valence-corrected chi connectivity index (χ0v) is 14.3. The monoisotopic (exact) mass is 336 g/mol. The van der Waals surface area contributed by atoms with Crippen molar-refractivity contribution < 1.29 is 4.79 Å². The summed E-state index contributed by atoms with van der Waals surface area (Å²) >= 11 is 0. The third kappa shape index (κ3) is 2.01. The van der Waals surface area contributed by atoms with Gasteiger partial charge in [0.05, 0.1) is 11.0 Å². The van der Waals surface area contributed by atoms with Crippen LogP contribution in [0.15, 0.2) is 79.0 Å². The first-order valence-corrected chi connectivity index (χ1v) is 8.63. The predicted octanol–water partition coefficient (Wildman–Crippen LogP) is 5.18. The normalized spacial score (nSPS) is 11.4. The molecule has 0 bridgehead atoms. The Morgan fingerprint density at radius 3 is 2.42 bits per heavy atom. The summed E-state index contributed by atoms with van der Waals surface area (Å²) in [6, 6.07) is 23.5. The molecule has 0 aliphatic rings. The zero-order chi connectivity index (χ0) is 17.7. The summed E-state index contributed by atoms with van der Waals surface area (Å²) in [4.78, 5) is 18.2. The quantitative estimate of drug-likeness (QED) is 0.416. The Morgan fingerprint density at radius 2 is 1.58 bits per heavy atom. The maximum atomic E-state index is 13.4. The molecule has 0 aliphatic carbocycles. The number of fused-ring (bicyclic) bond motifs is 5. The SMILES string of the molecule is Cc1nc2ccccc2c2c(C(=O)c3ccccc3)n3ccccc3c12. The van der Waals surface area contributed by atoms with Gasteiger partial charge < -0.3 is 4.40 Å². The second-order valence-corrected chi connectivity index (χ2v) is 6.46. The molecule has 3 nitrogen and oxygen atoms in total. The van der Waals surface area contributed by atoms with Crippen LogP contribution in [-0.2, 0) is 0 Å². The minimum absolute atomic E-state index is 0.0255. The molecule has 3 heterocycles. The number of aryl methyl sites for hydroxylation is 1. The summed E-state index contributed by atoms with van der Waals surface area (Å²) in [6.07, 6.45) is 1.96. The maximum absolute atomic E-state index is 13.4. The molecule has 0 radical (unpaired) electrons. The van der Waals surface area contributed by atoms with Crippen molar-refractivity contribution in [2.24, 2.45) is 0 Å². The first-order valence-electron chi connectivity index (χ1n) is 8.63. The lowest BCUT2D eigenvalue weighted by molar-refractivity contribution is 0.103. The summed E-state index contributed by atoms with van der Waals surface area (Å²) in [6.45, 7) is 2.01. The fraction of sp³-hybridized carbons (Fsp3) is 0.0435. The molecule has 0 atom stereocenters. The maximum Gasteiger partial charge on any atom is 0.210 e. The fourth-order valence-corrected chi connectivity index (χ4v) is 3.81. The van der Waals surface area contributed by atoms with E-state index in [0.29, 0.717) is 11.3 Å². The summed E-state index contributed by atoms with van der Waals surface area (Å²) in [7, 11) is 0. The van der Waals surface area contributed by atoms with Gasteiger partial charge in [-0.25, -0.2) is 0 Å². The first kappa shape index (κ1) is 14.8. The Kier molecular flexibility index (Phi) is 3.16. The minimum Gasteiger partial charge on any atom is -0.312 e. The molecule has 124 valence electrons. The molecule has 0 unspecified atom stereocenters. The molecule has 5 aromatic rings. The number of para-hydroxylation sites is 1. The lowest BCUT2D eigenvalue weighted by Crippen LogP contribution is -2.05. The third-order valence-corrected chi connectivity index (χ3v) is 4.92. The molecule has 0 saturated heterocycles. The van der Waals surface area contributed by atoms with E-state index in [0.717, 1.165) is 32.9 Å². The van der Waals surface area contributed by atoms with Crippen molar-refractivity contribution in [3.05, 3.63) is 95.9 Å². The van der Waals surface area contributed by atoms with Crippen molar-refractivity contribution in [3.63, 3.8) is 0 Å². The van der Waals surface area contributed by atoms with Crippen LogP contribution >= 0.6 is 0 Å². The van der Waals surface area contributed by atoms with Gasteiger partial charge in [-0.1, -0.05) is 54.6 Å². The molecule has 0 N–H and O–H groups in total. The average molecular weight is 336 g/mol. The summed E-state index contributed by atoms with van der Waals surface area (Å²) in [5.41, 5.74) is 4.25. The predicted molar refractivity (Wildman–Crippen MR) is 105 cm³/mol. The van der Waals surface area contributed by atoms with Gasteiger partial charge in [-0.2, -0.15) is 0 Å². The number of ketones is 1. The van der Waals surface area contributed by atoms with Gasteiger partial charge in [0.2, 0.25) is 5.78 Å². The van der Waals surface area contributed by atoms with E-state index in [-0.39, 0.29) is 5.78 Å². The molecule has 26 heavy (non-hydrogen) atoms. The van der Waals surface area contributed by atoms with Gasteiger partial charge in [0.1, 0.15) is 5.69 Å². The summed E-state index contributed by atoms with van der Waals surface area (Å²) < 4.78 is 2.00. The van der Waals surface area contributed by atoms with Gasteiger partial charge in [-0.3, -0.25) is 9.78 Å². The molecule has 0 aliphatic heterocycles. The van der Waals surface area contributed by atoms with Crippen LogP contribution in [0.25, 0.3) is 27.2 Å². The lowest BCUT2D eigenvalue weighted by Gasteiger charge is -2.06. The molecule has 5 rings (SSSR count). The van der Waals surface area contributed by atoms with Crippen LogP contribution in [0.1, 0.15) is 21.7 Å². The highest BCUT2D eigenvalue weighted by Gasteiger charge is 2.22. The minimum atomic E-state index is 0.0255. The Balaban J connectivity index is 2.02. The number of pyridine rings is 2. The molecule has 0 amide bonds. The molecule has 0 saturated carbocycles. The van der Waals surface area contributed by atoms with Crippen molar-refractivity contribution in [1.82, 2.24) is 9.38 Å². The number of aromatic nitrogens is 2. The smallest absolute Gasteiger partial charge is 0.210 e. The number of carbonyl (C=O) groups is 1. The molecule has 3 aromatic heterocycles. The average Bonchev–Trinajstić information content (AvgIpc) is 3.04. The highest BCUT2D eigenvalue weighted by atomic mass is 16.1. The summed E-state index contributed by atoms with van der Waals surface area (Å²) in [5.74, 6) is 0.0255. The summed E-state index contributed by atoms with van der Waals surface area (Å²) in [5, 5.41) is 3.04. The largest absolute Gasteiger partial charge is 0.312 e. The molecule has 2 aromatic carbocycles. The van der Waals surface area contributed by atoms with Crippen molar-refractivity contribution >= 4 is 33.0 Å². The fourth-order valence-electron chi connectivity index (χ4n) is 3.81. The molecular weight excluding hydrogens is 320 g/mol. The zero-order valence-electron chi connectivity index (χ0n) is 14.3. The lowest BCUT2D eigenvalue weighted by atomic mass is 10.0. The highest BCUT2D eigenvalue weighted by molar-refractivity contribution is 6.25. The van der Waals surface area contributed by atoms with E-state index >= 15 is 0 Å². The van der Waals surface area contributed by atoms with Crippen LogP contribution in [0.3, 0.4) is 0 Å².